The van der Waals surface area contributed by atoms with Gasteiger partial charge in [-0.1, -0.05) is 36.4 Å². The van der Waals surface area contributed by atoms with Gasteiger partial charge in [-0.15, -0.1) is 0 Å². The Hall–Kier alpha value is -2.37. The first-order valence-electron chi connectivity index (χ1n) is 11.9. The van der Waals surface area contributed by atoms with E-state index >= 15 is 0 Å². The lowest BCUT2D eigenvalue weighted by atomic mass is 9.86. The van der Waals surface area contributed by atoms with Crippen LogP contribution in [0.25, 0.3) is 0 Å². The van der Waals surface area contributed by atoms with Gasteiger partial charge in [0, 0.05) is 37.9 Å². The van der Waals surface area contributed by atoms with Crippen LogP contribution in [0.4, 0.5) is 11.4 Å². The van der Waals surface area contributed by atoms with Crippen LogP contribution in [0.2, 0.25) is 0 Å². The summed E-state index contributed by atoms with van der Waals surface area (Å²) in [6, 6.07) is 17.3. The van der Waals surface area contributed by atoms with Crippen LogP contribution in [0.5, 0.6) is 0 Å². The fourth-order valence-electron chi connectivity index (χ4n) is 5.74. The first kappa shape index (κ1) is 22.8. The molecule has 5 heteroatoms. The summed E-state index contributed by atoms with van der Waals surface area (Å²) in [7, 11) is 1.89. The molecule has 1 fully saturated rings. The van der Waals surface area contributed by atoms with Gasteiger partial charge in [-0.3, -0.25) is 4.79 Å². The number of carbonyl (C=O) groups is 1. The number of nitrogens with zero attached hydrogens (tertiary/aromatic N) is 2. The quantitative estimate of drug-likeness (QED) is 0.728. The number of carbonyl (C=O) groups excluding carboxylic acids is 1. The van der Waals surface area contributed by atoms with Crippen LogP contribution in [-0.2, 0) is 17.6 Å². The first-order valence-corrected chi connectivity index (χ1v) is 11.9. The Balaban J connectivity index is 1.46. The number of para-hydroxylation sites is 2. The monoisotopic (exact) mass is 435 g/mol. The average Bonchev–Trinajstić information content (AvgIpc) is 2.88. The van der Waals surface area contributed by atoms with Gasteiger partial charge in [-0.25, -0.2) is 0 Å². The second-order valence-electron chi connectivity index (χ2n) is 10.7. The smallest absolute Gasteiger partial charge is 0.231 e. The predicted molar refractivity (Wildman–Crippen MR) is 130 cm³/mol. The molecule has 0 bridgehead atoms. The SMILES string of the molecule is CN(CCCN1c2ccccc2CCc2ccccc21)C(=O)C1CC(C)(C)[NH+]([O-])C1(C)C. The lowest BCUT2D eigenvalue weighted by Crippen LogP contribution is -3.19. The highest BCUT2D eigenvalue weighted by Gasteiger charge is 2.55. The highest BCUT2D eigenvalue weighted by atomic mass is 16.5. The summed E-state index contributed by atoms with van der Waals surface area (Å²) < 4.78 is 0. The zero-order valence-corrected chi connectivity index (χ0v) is 20.1. The van der Waals surface area contributed by atoms with Gasteiger partial charge in [0.2, 0.25) is 5.91 Å². The van der Waals surface area contributed by atoms with Crippen molar-refractivity contribution < 1.29 is 9.86 Å². The van der Waals surface area contributed by atoms with Crippen LogP contribution < -0.4 is 9.96 Å². The Labute approximate surface area is 192 Å². The van der Waals surface area contributed by atoms with Crippen molar-refractivity contribution in [3.63, 3.8) is 0 Å². The van der Waals surface area contributed by atoms with Crippen molar-refractivity contribution in [2.75, 3.05) is 25.0 Å². The normalized spacial score (nSPS) is 23.2. The van der Waals surface area contributed by atoms with Gasteiger partial charge in [-0.05, 0) is 70.2 Å². The van der Waals surface area contributed by atoms with Crippen LogP contribution in [0.15, 0.2) is 48.5 Å². The molecule has 5 nitrogen and oxygen atoms in total. The van der Waals surface area contributed by atoms with Crippen molar-refractivity contribution in [2.45, 2.75) is 64.5 Å². The van der Waals surface area contributed by atoms with Gasteiger partial charge in [0.1, 0.15) is 5.54 Å². The predicted octanol–water partition coefficient (Wildman–Crippen LogP) is 3.73. The van der Waals surface area contributed by atoms with Crippen LogP contribution in [0.3, 0.4) is 0 Å². The van der Waals surface area contributed by atoms with E-state index in [0.29, 0.717) is 13.0 Å². The van der Waals surface area contributed by atoms with Gasteiger partial charge in [0.25, 0.3) is 0 Å². The maximum atomic E-state index is 13.3. The summed E-state index contributed by atoms with van der Waals surface area (Å²) in [5.41, 5.74) is 4.27. The minimum atomic E-state index is -0.600. The molecular weight excluding hydrogens is 398 g/mol. The van der Waals surface area contributed by atoms with E-state index in [-0.39, 0.29) is 16.9 Å². The molecular formula is C27H37N3O2. The highest BCUT2D eigenvalue weighted by Crippen LogP contribution is 2.36. The van der Waals surface area contributed by atoms with Crippen molar-refractivity contribution in [1.82, 2.24) is 4.90 Å². The van der Waals surface area contributed by atoms with Gasteiger partial charge in [0.05, 0.1) is 11.5 Å². The standard InChI is InChI=1S/C27H37N3O2/c1-26(2)19-22(27(3,4)30(26)32)25(31)28(5)17-10-18-29-23-13-8-6-11-20(23)15-16-21-12-7-9-14-24(21)29/h6-9,11-14,22,30H,10,15-19H2,1-5H3. The molecule has 172 valence electrons. The summed E-state index contributed by atoms with van der Waals surface area (Å²) >= 11 is 0. The first-order chi connectivity index (χ1) is 15.1. The Bertz CT molecular complexity index is 937. The minimum Gasteiger partial charge on any atom is -0.634 e. The Kier molecular flexibility index (Phi) is 6.08. The summed E-state index contributed by atoms with van der Waals surface area (Å²) in [6.45, 7) is 9.35. The third-order valence-electron chi connectivity index (χ3n) is 7.56. The van der Waals surface area contributed by atoms with Crippen LogP contribution >= 0.6 is 0 Å². The number of rotatable bonds is 5. The molecule has 2 aliphatic rings. The number of hydroxylamine groups is 2. The van der Waals surface area contributed by atoms with E-state index in [1.165, 1.54) is 22.5 Å². The van der Waals surface area contributed by atoms with E-state index in [9.17, 15) is 10.0 Å². The number of benzene rings is 2. The Morgan fingerprint density at radius 1 is 1.03 bits per heavy atom. The Morgan fingerprint density at radius 2 is 1.56 bits per heavy atom. The largest absolute Gasteiger partial charge is 0.634 e. The maximum absolute atomic E-state index is 13.3. The third-order valence-corrected chi connectivity index (χ3v) is 7.56. The van der Waals surface area contributed by atoms with Crippen molar-refractivity contribution in [1.29, 1.82) is 0 Å². The van der Waals surface area contributed by atoms with E-state index in [0.717, 1.165) is 25.8 Å². The van der Waals surface area contributed by atoms with E-state index < -0.39 is 11.1 Å². The summed E-state index contributed by atoms with van der Waals surface area (Å²) in [5.74, 6) is -0.139. The van der Waals surface area contributed by atoms with Gasteiger partial charge < -0.3 is 20.1 Å². The minimum absolute atomic E-state index is 0.102. The molecule has 0 radical (unpaired) electrons. The number of anilines is 2. The van der Waals surface area contributed by atoms with Crippen molar-refractivity contribution in [2.24, 2.45) is 5.92 Å². The van der Waals surface area contributed by atoms with E-state index in [1.54, 1.807) is 0 Å². The second-order valence-corrected chi connectivity index (χ2v) is 10.7. The molecule has 2 atom stereocenters. The van der Waals surface area contributed by atoms with Crippen molar-refractivity contribution in [3.05, 3.63) is 64.9 Å². The molecule has 2 aromatic rings. The maximum Gasteiger partial charge on any atom is 0.231 e. The molecule has 1 saturated heterocycles. The lowest BCUT2D eigenvalue weighted by molar-refractivity contribution is -0.933. The van der Waals surface area contributed by atoms with Crippen LogP contribution in [0.1, 0.15) is 51.7 Å². The zero-order valence-electron chi connectivity index (χ0n) is 20.1. The number of hydrogen-bond donors (Lipinski definition) is 1. The number of aryl methyl sites for hydroxylation is 2. The summed E-state index contributed by atoms with van der Waals surface area (Å²) in [5, 5.41) is 13.0. The average molecular weight is 436 g/mol. The lowest BCUT2D eigenvalue weighted by Gasteiger charge is -2.41. The fraction of sp³-hybridized carbons (Fsp3) is 0.519. The summed E-state index contributed by atoms with van der Waals surface area (Å²) in [4.78, 5) is 17.6. The fourth-order valence-corrected chi connectivity index (χ4v) is 5.74. The van der Waals surface area contributed by atoms with Gasteiger partial charge in [0.15, 0.2) is 0 Å². The number of nitrogens with one attached hydrogen (secondary N) is 1. The number of fused-ring (bicyclic) bond motifs is 2. The van der Waals surface area contributed by atoms with E-state index in [1.807, 2.05) is 39.6 Å². The van der Waals surface area contributed by atoms with Gasteiger partial charge in [-0.2, -0.15) is 0 Å². The third kappa shape index (κ3) is 4.04. The van der Waals surface area contributed by atoms with Gasteiger partial charge >= 0.3 is 0 Å². The molecule has 2 aliphatic heterocycles. The molecule has 2 aromatic carbocycles. The second kappa shape index (κ2) is 8.53. The number of hydrogen-bond acceptors (Lipinski definition) is 3. The summed E-state index contributed by atoms with van der Waals surface area (Å²) in [6.07, 6.45) is 3.59. The molecule has 0 aliphatic carbocycles. The van der Waals surface area contributed by atoms with E-state index in [4.69, 9.17) is 0 Å². The molecule has 0 saturated carbocycles. The molecule has 4 rings (SSSR count). The van der Waals surface area contributed by atoms with Crippen LogP contribution in [-0.4, -0.2) is 42.0 Å². The molecule has 2 unspecified atom stereocenters. The molecule has 1 N–H and O–H groups in total. The molecule has 0 spiro atoms. The topological polar surface area (TPSA) is 51.0 Å². The highest BCUT2D eigenvalue weighted by molar-refractivity contribution is 5.80. The molecule has 32 heavy (non-hydrogen) atoms. The Morgan fingerprint density at radius 3 is 2.06 bits per heavy atom. The molecule has 1 amide bonds. The number of amides is 1. The van der Waals surface area contributed by atoms with Crippen molar-refractivity contribution in [3.8, 4) is 0 Å². The number of quaternary nitrogens is 1. The van der Waals surface area contributed by atoms with E-state index in [2.05, 4.69) is 53.4 Å². The molecule has 0 aromatic heterocycles. The zero-order chi connectivity index (χ0) is 23.1. The van der Waals surface area contributed by atoms with Crippen LogP contribution in [0, 0.1) is 11.1 Å². The van der Waals surface area contributed by atoms with Crippen molar-refractivity contribution >= 4 is 17.3 Å². The molecule has 2 heterocycles.